The van der Waals surface area contributed by atoms with Crippen LogP contribution < -0.4 is 4.74 Å². The molecule has 0 aliphatic rings. The van der Waals surface area contributed by atoms with Crippen LogP contribution in [0.1, 0.15) is 0 Å². The highest BCUT2D eigenvalue weighted by atomic mass is 127. The number of rotatable bonds is 2. The van der Waals surface area contributed by atoms with Crippen LogP contribution in [0.5, 0.6) is 5.75 Å². The molecular formula is C12H9IN2O2. The lowest BCUT2D eigenvalue weighted by Crippen LogP contribution is -1.81. The van der Waals surface area contributed by atoms with Crippen LogP contribution in [-0.4, -0.2) is 17.1 Å². The Morgan fingerprint density at radius 3 is 2.88 bits per heavy atom. The van der Waals surface area contributed by atoms with Crippen molar-refractivity contribution in [1.82, 2.24) is 9.97 Å². The smallest absolute Gasteiger partial charge is 0.174 e. The number of methoxy groups -OCH3 is 1. The summed E-state index contributed by atoms with van der Waals surface area (Å²) in [6, 6.07) is 9.53. The van der Waals surface area contributed by atoms with Crippen LogP contribution in [0.3, 0.4) is 0 Å². The predicted octanol–water partition coefficient (Wildman–Crippen LogP) is 3.44. The van der Waals surface area contributed by atoms with E-state index in [1.54, 1.807) is 7.11 Å². The number of nitrogens with one attached hydrogen (secondary N) is 1. The maximum atomic E-state index is 5.52. The molecule has 5 heteroatoms. The van der Waals surface area contributed by atoms with Gasteiger partial charge in [0.1, 0.15) is 5.75 Å². The maximum Gasteiger partial charge on any atom is 0.174 e. The van der Waals surface area contributed by atoms with Gasteiger partial charge in [0.05, 0.1) is 18.1 Å². The predicted molar refractivity (Wildman–Crippen MR) is 73.1 cm³/mol. The van der Waals surface area contributed by atoms with E-state index >= 15 is 0 Å². The third-order valence-corrected chi connectivity index (χ3v) is 3.08. The number of imidazole rings is 1. The molecule has 86 valence electrons. The van der Waals surface area contributed by atoms with Crippen LogP contribution in [0.2, 0.25) is 0 Å². The first kappa shape index (κ1) is 10.6. The lowest BCUT2D eigenvalue weighted by atomic mass is 10.3. The fraction of sp³-hybridized carbons (Fsp3) is 0.0833. The van der Waals surface area contributed by atoms with Crippen molar-refractivity contribution in [3.63, 3.8) is 0 Å². The third-order valence-electron chi connectivity index (χ3n) is 2.50. The number of aromatic nitrogens is 2. The first-order valence-corrected chi connectivity index (χ1v) is 6.13. The van der Waals surface area contributed by atoms with Gasteiger partial charge in [-0.1, -0.05) is 0 Å². The van der Waals surface area contributed by atoms with Gasteiger partial charge in [0.25, 0.3) is 0 Å². The van der Waals surface area contributed by atoms with Gasteiger partial charge in [0.2, 0.25) is 0 Å². The van der Waals surface area contributed by atoms with E-state index in [-0.39, 0.29) is 0 Å². The number of fused-ring (bicyclic) bond motifs is 1. The van der Waals surface area contributed by atoms with Gasteiger partial charge in [-0.2, -0.15) is 0 Å². The molecule has 0 spiro atoms. The van der Waals surface area contributed by atoms with E-state index in [0.717, 1.165) is 32.1 Å². The minimum atomic E-state index is 0.733. The minimum absolute atomic E-state index is 0.733. The molecule has 2 aromatic heterocycles. The summed E-state index contributed by atoms with van der Waals surface area (Å²) in [5.41, 5.74) is 1.83. The highest BCUT2D eigenvalue weighted by Gasteiger charge is 2.09. The van der Waals surface area contributed by atoms with Gasteiger partial charge in [0.15, 0.2) is 15.4 Å². The number of aromatic amines is 1. The van der Waals surface area contributed by atoms with E-state index in [0.29, 0.717) is 0 Å². The lowest BCUT2D eigenvalue weighted by molar-refractivity contribution is 0.415. The number of furan rings is 1. The summed E-state index contributed by atoms with van der Waals surface area (Å²) < 4.78 is 11.5. The van der Waals surface area contributed by atoms with E-state index in [4.69, 9.17) is 9.15 Å². The number of halogens is 1. The average Bonchev–Trinajstić information content (AvgIpc) is 2.93. The monoisotopic (exact) mass is 340 g/mol. The van der Waals surface area contributed by atoms with Crippen molar-refractivity contribution in [3.8, 4) is 17.3 Å². The maximum absolute atomic E-state index is 5.52. The molecule has 1 aromatic carbocycles. The molecule has 0 unspecified atom stereocenters. The molecule has 0 bridgehead atoms. The van der Waals surface area contributed by atoms with Gasteiger partial charge in [-0.15, -0.1) is 0 Å². The molecule has 3 rings (SSSR count). The van der Waals surface area contributed by atoms with Gasteiger partial charge in [-0.3, -0.25) is 0 Å². The quantitative estimate of drug-likeness (QED) is 0.727. The molecule has 4 nitrogen and oxygen atoms in total. The SMILES string of the molecule is COc1ccc2nc(-c3ccc(I)o3)[nH]c2c1. The first-order chi connectivity index (χ1) is 8.26. The van der Waals surface area contributed by atoms with E-state index in [2.05, 4.69) is 32.6 Å². The molecule has 17 heavy (non-hydrogen) atoms. The topological polar surface area (TPSA) is 51.1 Å². The van der Waals surface area contributed by atoms with Crippen molar-refractivity contribution in [2.75, 3.05) is 7.11 Å². The lowest BCUT2D eigenvalue weighted by Gasteiger charge is -1.96. The molecule has 0 saturated heterocycles. The minimum Gasteiger partial charge on any atom is -0.497 e. The second-order valence-corrected chi connectivity index (χ2v) is 4.64. The van der Waals surface area contributed by atoms with Crippen molar-refractivity contribution in [1.29, 1.82) is 0 Å². The molecule has 2 heterocycles. The Morgan fingerprint density at radius 2 is 2.18 bits per heavy atom. The highest BCUT2D eigenvalue weighted by Crippen LogP contribution is 2.25. The highest BCUT2D eigenvalue weighted by molar-refractivity contribution is 14.1. The van der Waals surface area contributed by atoms with Crippen LogP contribution in [0.4, 0.5) is 0 Å². The number of hydrogen-bond donors (Lipinski definition) is 1. The molecule has 0 amide bonds. The van der Waals surface area contributed by atoms with Gasteiger partial charge in [-0.25, -0.2) is 4.98 Å². The Bertz CT molecular complexity index is 672. The molecule has 1 N–H and O–H groups in total. The van der Waals surface area contributed by atoms with Crippen LogP contribution in [0.25, 0.3) is 22.6 Å². The first-order valence-electron chi connectivity index (χ1n) is 5.06. The van der Waals surface area contributed by atoms with E-state index < -0.39 is 0 Å². The number of H-pyrrole nitrogens is 1. The Hall–Kier alpha value is -1.50. The number of hydrogen-bond acceptors (Lipinski definition) is 3. The van der Waals surface area contributed by atoms with E-state index in [9.17, 15) is 0 Å². The fourth-order valence-electron chi connectivity index (χ4n) is 1.67. The van der Waals surface area contributed by atoms with Crippen molar-refractivity contribution < 1.29 is 9.15 Å². The van der Waals surface area contributed by atoms with Crippen molar-refractivity contribution >= 4 is 33.6 Å². The Morgan fingerprint density at radius 1 is 1.29 bits per heavy atom. The summed E-state index contributed by atoms with van der Waals surface area (Å²) in [6.07, 6.45) is 0. The van der Waals surface area contributed by atoms with Gasteiger partial charge in [-0.05, 0) is 46.9 Å². The summed E-state index contributed by atoms with van der Waals surface area (Å²) in [5, 5.41) is 0. The normalized spacial score (nSPS) is 10.9. The van der Waals surface area contributed by atoms with Crippen molar-refractivity contribution in [3.05, 3.63) is 34.1 Å². The molecule has 3 aromatic rings. The number of ether oxygens (including phenoxy) is 1. The molecular weight excluding hydrogens is 331 g/mol. The van der Waals surface area contributed by atoms with E-state index in [1.165, 1.54) is 0 Å². The zero-order valence-electron chi connectivity index (χ0n) is 9.03. The van der Waals surface area contributed by atoms with Crippen LogP contribution in [0.15, 0.2) is 34.7 Å². The molecule has 0 aliphatic heterocycles. The second kappa shape index (κ2) is 4.06. The van der Waals surface area contributed by atoms with Crippen LogP contribution in [-0.2, 0) is 0 Å². The number of benzene rings is 1. The Kier molecular flexibility index (Phi) is 2.54. The largest absolute Gasteiger partial charge is 0.497 e. The second-order valence-electron chi connectivity index (χ2n) is 3.57. The van der Waals surface area contributed by atoms with Crippen molar-refractivity contribution in [2.24, 2.45) is 0 Å². The zero-order valence-corrected chi connectivity index (χ0v) is 11.2. The summed E-state index contributed by atoms with van der Waals surface area (Å²) in [6.45, 7) is 0. The summed E-state index contributed by atoms with van der Waals surface area (Å²) in [4.78, 5) is 7.68. The average molecular weight is 340 g/mol. The van der Waals surface area contributed by atoms with Gasteiger partial charge in [0, 0.05) is 6.07 Å². The molecule has 0 fully saturated rings. The summed E-state index contributed by atoms with van der Waals surface area (Å²) >= 11 is 2.13. The summed E-state index contributed by atoms with van der Waals surface area (Å²) in [7, 11) is 1.65. The Labute approximate surface area is 111 Å². The standard InChI is InChI=1S/C12H9IN2O2/c1-16-7-2-3-8-9(6-7)15-12(14-8)10-4-5-11(13)17-10/h2-6H,1H3,(H,14,15). The molecule has 0 radical (unpaired) electrons. The molecule has 0 atom stereocenters. The zero-order chi connectivity index (χ0) is 11.8. The van der Waals surface area contributed by atoms with Crippen LogP contribution in [0, 0.1) is 3.77 Å². The van der Waals surface area contributed by atoms with Crippen molar-refractivity contribution in [2.45, 2.75) is 0 Å². The summed E-state index contributed by atoms with van der Waals surface area (Å²) in [5.74, 6) is 2.28. The fourth-order valence-corrected chi connectivity index (χ4v) is 2.09. The van der Waals surface area contributed by atoms with E-state index in [1.807, 2.05) is 30.3 Å². The molecule has 0 aliphatic carbocycles. The number of nitrogens with zero attached hydrogens (tertiary/aromatic N) is 1. The molecule has 0 saturated carbocycles. The Balaban J connectivity index is 2.13. The van der Waals surface area contributed by atoms with Gasteiger partial charge >= 0.3 is 0 Å². The van der Waals surface area contributed by atoms with Crippen LogP contribution >= 0.6 is 22.6 Å². The van der Waals surface area contributed by atoms with Gasteiger partial charge < -0.3 is 14.1 Å². The third kappa shape index (κ3) is 1.90.